The molecular weight excluding hydrogens is 186 g/mol. The molecule has 0 aromatic carbocycles. The molecule has 0 aromatic heterocycles. The molecule has 2 heteroatoms. The van der Waals surface area contributed by atoms with Gasteiger partial charge in [0.15, 0.2) is 0 Å². The lowest BCUT2D eigenvalue weighted by atomic mass is 9.69. The Balaban J connectivity index is 2.50. The van der Waals surface area contributed by atoms with Gasteiger partial charge in [0.1, 0.15) is 0 Å². The van der Waals surface area contributed by atoms with Crippen LogP contribution in [0.5, 0.6) is 0 Å². The molecule has 1 aliphatic carbocycles. The van der Waals surface area contributed by atoms with Crippen molar-refractivity contribution in [3.05, 3.63) is 0 Å². The predicted molar refractivity (Wildman–Crippen MR) is 64.9 cm³/mol. The molecule has 3 atom stereocenters. The van der Waals surface area contributed by atoms with Crippen molar-refractivity contribution in [1.29, 1.82) is 0 Å². The average Bonchev–Trinajstić information content (AvgIpc) is 2.13. The van der Waals surface area contributed by atoms with Gasteiger partial charge in [0.05, 0.1) is 6.10 Å². The van der Waals surface area contributed by atoms with Gasteiger partial charge in [0.2, 0.25) is 0 Å². The highest BCUT2D eigenvalue weighted by molar-refractivity contribution is 4.88. The van der Waals surface area contributed by atoms with Gasteiger partial charge in [-0.1, -0.05) is 33.6 Å². The van der Waals surface area contributed by atoms with Gasteiger partial charge < -0.3 is 10.4 Å². The zero-order valence-corrected chi connectivity index (χ0v) is 10.7. The van der Waals surface area contributed by atoms with Crippen LogP contribution in [0.15, 0.2) is 0 Å². The smallest absolute Gasteiger partial charge is 0.0636 e. The van der Waals surface area contributed by atoms with Gasteiger partial charge in [-0.2, -0.15) is 0 Å². The van der Waals surface area contributed by atoms with Gasteiger partial charge in [-0.25, -0.2) is 0 Å². The van der Waals surface area contributed by atoms with E-state index in [1.54, 1.807) is 0 Å². The molecule has 1 saturated carbocycles. The molecule has 0 heterocycles. The van der Waals surface area contributed by atoms with Crippen molar-refractivity contribution in [3.8, 4) is 0 Å². The van der Waals surface area contributed by atoms with E-state index in [-0.39, 0.29) is 6.10 Å². The van der Waals surface area contributed by atoms with Crippen LogP contribution in [-0.4, -0.2) is 23.8 Å². The second-order valence-electron chi connectivity index (χ2n) is 6.12. The molecule has 0 saturated heterocycles. The van der Waals surface area contributed by atoms with Crippen LogP contribution >= 0.6 is 0 Å². The maximum atomic E-state index is 9.31. The van der Waals surface area contributed by atoms with Crippen LogP contribution in [0.3, 0.4) is 0 Å². The zero-order valence-electron chi connectivity index (χ0n) is 10.7. The summed E-state index contributed by atoms with van der Waals surface area (Å²) in [5, 5.41) is 12.8. The van der Waals surface area contributed by atoms with Crippen molar-refractivity contribution in [1.82, 2.24) is 5.32 Å². The summed E-state index contributed by atoms with van der Waals surface area (Å²) in [5.74, 6) is 0.755. The first kappa shape index (κ1) is 13.0. The molecule has 1 aliphatic rings. The summed E-state index contributed by atoms with van der Waals surface area (Å²) in [6, 6.07) is 0.605. The monoisotopic (exact) mass is 213 g/mol. The van der Waals surface area contributed by atoms with E-state index in [2.05, 4.69) is 26.1 Å². The fraction of sp³-hybridized carbons (Fsp3) is 1.00. The summed E-state index contributed by atoms with van der Waals surface area (Å²) in [4.78, 5) is 0. The molecule has 0 spiro atoms. The zero-order chi connectivity index (χ0) is 11.5. The fourth-order valence-corrected chi connectivity index (χ4v) is 2.73. The minimum atomic E-state index is -0.229. The highest BCUT2D eigenvalue weighted by atomic mass is 16.3. The summed E-state index contributed by atoms with van der Waals surface area (Å²) < 4.78 is 0. The quantitative estimate of drug-likeness (QED) is 0.755. The SMILES string of the molecule is C[C@@H](O)CN[C@@H]1CCCC[C@@H]1C(C)(C)C. The van der Waals surface area contributed by atoms with Crippen molar-refractivity contribution in [2.45, 2.75) is 65.5 Å². The molecule has 0 aliphatic heterocycles. The van der Waals surface area contributed by atoms with E-state index in [0.29, 0.717) is 11.5 Å². The molecule has 0 amide bonds. The summed E-state index contributed by atoms with van der Waals surface area (Å²) in [6.07, 6.45) is 5.08. The van der Waals surface area contributed by atoms with Crippen molar-refractivity contribution in [3.63, 3.8) is 0 Å². The van der Waals surface area contributed by atoms with E-state index in [0.717, 1.165) is 12.5 Å². The van der Waals surface area contributed by atoms with Crippen LogP contribution in [0.1, 0.15) is 53.4 Å². The Kier molecular flexibility index (Phi) is 4.60. The summed E-state index contributed by atoms with van der Waals surface area (Å²) in [5.41, 5.74) is 0.386. The highest BCUT2D eigenvalue weighted by Gasteiger charge is 2.33. The lowest BCUT2D eigenvalue weighted by Crippen LogP contribution is -2.46. The maximum absolute atomic E-state index is 9.31. The predicted octanol–water partition coefficient (Wildman–Crippen LogP) is 2.56. The van der Waals surface area contributed by atoms with E-state index in [4.69, 9.17) is 0 Å². The van der Waals surface area contributed by atoms with E-state index in [1.165, 1.54) is 25.7 Å². The summed E-state index contributed by atoms with van der Waals surface area (Å²) >= 11 is 0. The van der Waals surface area contributed by atoms with Gasteiger partial charge in [-0.3, -0.25) is 0 Å². The van der Waals surface area contributed by atoms with Crippen molar-refractivity contribution < 1.29 is 5.11 Å². The highest BCUT2D eigenvalue weighted by Crippen LogP contribution is 2.37. The van der Waals surface area contributed by atoms with Crippen molar-refractivity contribution in [2.24, 2.45) is 11.3 Å². The second kappa shape index (κ2) is 5.31. The third-order valence-electron chi connectivity index (χ3n) is 3.55. The number of hydrogen-bond donors (Lipinski definition) is 2. The molecule has 1 fully saturated rings. The largest absolute Gasteiger partial charge is 0.392 e. The van der Waals surface area contributed by atoms with E-state index < -0.39 is 0 Å². The van der Waals surface area contributed by atoms with Gasteiger partial charge in [-0.05, 0) is 31.1 Å². The Morgan fingerprint density at radius 3 is 2.40 bits per heavy atom. The Labute approximate surface area is 94.5 Å². The molecule has 1 rings (SSSR count). The topological polar surface area (TPSA) is 32.3 Å². The molecule has 0 radical (unpaired) electrons. The molecule has 15 heavy (non-hydrogen) atoms. The average molecular weight is 213 g/mol. The van der Waals surface area contributed by atoms with Crippen LogP contribution in [0.2, 0.25) is 0 Å². The van der Waals surface area contributed by atoms with Crippen LogP contribution in [0, 0.1) is 11.3 Å². The Bertz CT molecular complexity index is 183. The second-order valence-corrected chi connectivity index (χ2v) is 6.12. The third kappa shape index (κ3) is 4.12. The number of hydrogen-bond acceptors (Lipinski definition) is 2. The van der Waals surface area contributed by atoms with E-state index in [9.17, 15) is 5.11 Å². The first-order valence-corrected chi connectivity index (χ1v) is 6.32. The lowest BCUT2D eigenvalue weighted by Gasteiger charge is -2.41. The first-order chi connectivity index (χ1) is 6.91. The van der Waals surface area contributed by atoms with Crippen molar-refractivity contribution >= 4 is 0 Å². The normalized spacial score (nSPS) is 30.2. The Hall–Kier alpha value is -0.0800. The first-order valence-electron chi connectivity index (χ1n) is 6.32. The molecule has 90 valence electrons. The van der Waals surface area contributed by atoms with Crippen LogP contribution in [0.25, 0.3) is 0 Å². The number of aliphatic hydroxyl groups excluding tert-OH is 1. The van der Waals surface area contributed by atoms with Crippen LogP contribution in [0.4, 0.5) is 0 Å². The van der Waals surface area contributed by atoms with E-state index >= 15 is 0 Å². The van der Waals surface area contributed by atoms with Crippen LogP contribution < -0.4 is 5.32 Å². The maximum Gasteiger partial charge on any atom is 0.0636 e. The van der Waals surface area contributed by atoms with Crippen LogP contribution in [-0.2, 0) is 0 Å². The van der Waals surface area contributed by atoms with Gasteiger partial charge in [0, 0.05) is 12.6 Å². The summed E-state index contributed by atoms with van der Waals surface area (Å²) in [6.45, 7) is 9.58. The minimum absolute atomic E-state index is 0.229. The van der Waals surface area contributed by atoms with Gasteiger partial charge in [0.25, 0.3) is 0 Å². The fourth-order valence-electron chi connectivity index (χ4n) is 2.73. The number of aliphatic hydroxyl groups is 1. The van der Waals surface area contributed by atoms with Gasteiger partial charge >= 0.3 is 0 Å². The molecule has 0 unspecified atom stereocenters. The summed E-state index contributed by atoms with van der Waals surface area (Å²) in [7, 11) is 0. The molecule has 2 nitrogen and oxygen atoms in total. The lowest BCUT2D eigenvalue weighted by molar-refractivity contribution is 0.114. The minimum Gasteiger partial charge on any atom is -0.392 e. The Morgan fingerprint density at radius 2 is 1.87 bits per heavy atom. The number of nitrogens with one attached hydrogen (secondary N) is 1. The molecule has 0 aromatic rings. The third-order valence-corrected chi connectivity index (χ3v) is 3.55. The molecule has 0 bridgehead atoms. The van der Waals surface area contributed by atoms with Gasteiger partial charge in [-0.15, -0.1) is 0 Å². The molecular formula is C13H27NO. The van der Waals surface area contributed by atoms with E-state index in [1.807, 2.05) is 6.92 Å². The standard InChI is InChI=1S/C13H27NO/c1-10(15)9-14-12-8-6-5-7-11(12)13(2,3)4/h10-12,14-15H,5-9H2,1-4H3/t10-,11+,12-/m1/s1. The number of rotatable bonds is 3. The van der Waals surface area contributed by atoms with Crippen molar-refractivity contribution in [2.75, 3.05) is 6.54 Å². The Morgan fingerprint density at radius 1 is 1.27 bits per heavy atom. The molecule has 2 N–H and O–H groups in total.